The minimum atomic E-state index is -0.542. The third-order valence-electron chi connectivity index (χ3n) is 6.08. The lowest BCUT2D eigenvalue weighted by Gasteiger charge is -2.35. The molecule has 5 rings (SSSR count). The molecular formula is C25H22Cl2N6O3. The molecule has 0 atom stereocenters. The van der Waals surface area contributed by atoms with Gasteiger partial charge in [-0.25, -0.2) is 15.0 Å². The normalized spacial score (nSPS) is 13.8. The number of benzene rings is 2. The van der Waals surface area contributed by atoms with Gasteiger partial charge >= 0.3 is 5.97 Å². The van der Waals surface area contributed by atoms with Gasteiger partial charge in [0.25, 0.3) is 0 Å². The van der Waals surface area contributed by atoms with Crippen molar-refractivity contribution in [1.29, 1.82) is 0 Å². The van der Waals surface area contributed by atoms with Crippen LogP contribution < -0.4 is 4.90 Å². The number of hydrogen-bond donors (Lipinski definition) is 0. The van der Waals surface area contributed by atoms with Crippen molar-refractivity contribution in [3.05, 3.63) is 64.9 Å². The summed E-state index contributed by atoms with van der Waals surface area (Å²) in [5.41, 5.74) is 2.84. The summed E-state index contributed by atoms with van der Waals surface area (Å²) in [6, 6.07) is 14.9. The Balaban J connectivity index is 1.54. The van der Waals surface area contributed by atoms with E-state index < -0.39 is 5.97 Å². The molecular weight excluding hydrogens is 503 g/mol. The molecule has 11 heteroatoms. The van der Waals surface area contributed by atoms with Crippen LogP contribution in [0.25, 0.3) is 28.2 Å². The third-order valence-corrected chi connectivity index (χ3v) is 6.66. The van der Waals surface area contributed by atoms with Crippen LogP contribution in [-0.4, -0.2) is 69.6 Å². The highest BCUT2D eigenvalue weighted by Gasteiger charge is 2.27. The average molecular weight is 525 g/mol. The fourth-order valence-electron chi connectivity index (χ4n) is 4.24. The number of esters is 1. The van der Waals surface area contributed by atoms with E-state index in [-0.39, 0.29) is 12.3 Å². The van der Waals surface area contributed by atoms with E-state index in [1.807, 2.05) is 53.1 Å². The van der Waals surface area contributed by atoms with Crippen molar-refractivity contribution in [2.45, 2.75) is 6.42 Å². The number of halogens is 2. The van der Waals surface area contributed by atoms with Gasteiger partial charge in [0.2, 0.25) is 5.91 Å². The zero-order chi connectivity index (χ0) is 25.2. The van der Waals surface area contributed by atoms with Crippen molar-refractivity contribution < 1.29 is 14.3 Å². The van der Waals surface area contributed by atoms with Crippen molar-refractivity contribution >= 4 is 52.1 Å². The van der Waals surface area contributed by atoms with E-state index in [1.54, 1.807) is 4.90 Å². The fourth-order valence-corrected chi connectivity index (χ4v) is 4.59. The Morgan fingerprint density at radius 1 is 0.972 bits per heavy atom. The molecule has 0 aliphatic carbocycles. The van der Waals surface area contributed by atoms with E-state index in [9.17, 15) is 9.59 Å². The molecule has 2 aromatic heterocycles. The van der Waals surface area contributed by atoms with Crippen LogP contribution in [0.1, 0.15) is 6.42 Å². The second-order valence-corrected chi connectivity index (χ2v) is 9.06. The van der Waals surface area contributed by atoms with Gasteiger partial charge in [-0.15, -0.1) is 0 Å². The predicted octanol–water partition coefficient (Wildman–Crippen LogP) is 4.00. The fraction of sp³-hybridized carbons (Fsp3) is 0.240. The summed E-state index contributed by atoms with van der Waals surface area (Å²) >= 11 is 12.7. The molecule has 0 radical (unpaired) electrons. The second-order valence-electron chi connectivity index (χ2n) is 8.22. The van der Waals surface area contributed by atoms with E-state index >= 15 is 0 Å². The Kier molecular flexibility index (Phi) is 6.75. The maximum absolute atomic E-state index is 12.4. The molecule has 3 heterocycles. The van der Waals surface area contributed by atoms with Crippen LogP contribution in [0.4, 0.5) is 5.82 Å². The molecule has 0 spiro atoms. The van der Waals surface area contributed by atoms with Crippen LogP contribution in [0.3, 0.4) is 0 Å². The molecule has 1 aliphatic heterocycles. The van der Waals surface area contributed by atoms with E-state index in [0.29, 0.717) is 59.0 Å². The van der Waals surface area contributed by atoms with Gasteiger partial charge in [-0.3, -0.25) is 14.2 Å². The van der Waals surface area contributed by atoms with Gasteiger partial charge in [0.15, 0.2) is 17.0 Å². The maximum atomic E-state index is 12.4. The van der Waals surface area contributed by atoms with Gasteiger partial charge < -0.3 is 14.5 Å². The number of hydrogen-bond acceptors (Lipinski definition) is 7. The van der Waals surface area contributed by atoms with Crippen molar-refractivity contribution in [2.75, 3.05) is 38.2 Å². The van der Waals surface area contributed by atoms with Gasteiger partial charge in [0.05, 0.1) is 12.1 Å². The van der Waals surface area contributed by atoms with Gasteiger partial charge in [0.1, 0.15) is 18.6 Å². The van der Waals surface area contributed by atoms with E-state index in [2.05, 4.69) is 19.6 Å². The number of imidazole rings is 1. The predicted molar refractivity (Wildman–Crippen MR) is 138 cm³/mol. The topological polar surface area (TPSA) is 93.5 Å². The highest BCUT2D eigenvalue weighted by Crippen LogP contribution is 2.35. The standard InChI is InChI=1S/C25H22Cl2N6O3/c1-36-21(35)14-20(34)31-10-12-32(13-11-31)24-22-25(29-15-28-24)33(17-8-6-16(26)7-9-17)23(30-22)18-4-2-3-5-19(18)27/h2-9,15H,10-14H2,1H3. The van der Waals surface area contributed by atoms with Crippen LogP contribution in [0.15, 0.2) is 54.9 Å². The lowest BCUT2D eigenvalue weighted by atomic mass is 10.2. The molecule has 1 fully saturated rings. The molecule has 0 unspecified atom stereocenters. The molecule has 0 N–H and O–H groups in total. The minimum absolute atomic E-state index is 0.248. The molecule has 1 saturated heterocycles. The van der Waals surface area contributed by atoms with E-state index in [0.717, 1.165) is 11.3 Å². The number of ether oxygens (including phenoxy) is 1. The van der Waals surface area contributed by atoms with E-state index in [4.69, 9.17) is 28.2 Å². The number of amides is 1. The number of piperazine rings is 1. The maximum Gasteiger partial charge on any atom is 0.315 e. The van der Waals surface area contributed by atoms with Gasteiger partial charge in [-0.1, -0.05) is 35.3 Å². The van der Waals surface area contributed by atoms with Gasteiger partial charge in [0, 0.05) is 42.5 Å². The Labute approximate surface area is 217 Å². The summed E-state index contributed by atoms with van der Waals surface area (Å²) in [6.45, 7) is 1.98. The van der Waals surface area contributed by atoms with Crippen LogP contribution in [0.5, 0.6) is 0 Å². The van der Waals surface area contributed by atoms with Crippen molar-refractivity contribution in [2.24, 2.45) is 0 Å². The number of fused-ring (bicyclic) bond motifs is 1. The van der Waals surface area contributed by atoms with Crippen LogP contribution in [0, 0.1) is 0 Å². The lowest BCUT2D eigenvalue weighted by Crippen LogP contribution is -2.49. The Hall–Kier alpha value is -3.69. The molecule has 4 aromatic rings. The highest BCUT2D eigenvalue weighted by molar-refractivity contribution is 6.33. The Bertz CT molecular complexity index is 1430. The van der Waals surface area contributed by atoms with Crippen LogP contribution in [-0.2, 0) is 14.3 Å². The molecule has 9 nitrogen and oxygen atoms in total. The molecule has 1 amide bonds. The number of aromatic nitrogens is 4. The van der Waals surface area contributed by atoms with Crippen molar-refractivity contribution in [3.8, 4) is 17.1 Å². The molecule has 1 aliphatic rings. The number of rotatable bonds is 5. The summed E-state index contributed by atoms with van der Waals surface area (Å²) in [5.74, 6) is 0.509. The Morgan fingerprint density at radius 3 is 2.39 bits per heavy atom. The summed E-state index contributed by atoms with van der Waals surface area (Å²) in [6.07, 6.45) is 1.25. The first-order valence-corrected chi connectivity index (χ1v) is 12.1. The first-order valence-electron chi connectivity index (χ1n) is 11.3. The number of carbonyl (C=O) groups excluding carboxylic acids is 2. The highest BCUT2D eigenvalue weighted by atomic mass is 35.5. The first-order chi connectivity index (χ1) is 17.5. The van der Waals surface area contributed by atoms with Crippen LogP contribution in [0.2, 0.25) is 10.0 Å². The largest absolute Gasteiger partial charge is 0.469 e. The number of carbonyl (C=O) groups is 2. The molecule has 0 bridgehead atoms. The van der Waals surface area contributed by atoms with Crippen molar-refractivity contribution in [3.63, 3.8) is 0 Å². The van der Waals surface area contributed by atoms with Crippen LogP contribution >= 0.6 is 23.2 Å². The van der Waals surface area contributed by atoms with Gasteiger partial charge in [-0.2, -0.15) is 0 Å². The third kappa shape index (κ3) is 4.59. The molecule has 0 saturated carbocycles. The zero-order valence-corrected chi connectivity index (χ0v) is 20.9. The average Bonchev–Trinajstić information content (AvgIpc) is 3.29. The number of methoxy groups -OCH3 is 1. The monoisotopic (exact) mass is 524 g/mol. The summed E-state index contributed by atoms with van der Waals surface area (Å²) in [5, 5.41) is 1.19. The van der Waals surface area contributed by atoms with Gasteiger partial charge in [-0.05, 0) is 36.4 Å². The summed E-state index contributed by atoms with van der Waals surface area (Å²) in [4.78, 5) is 41.7. The molecule has 2 aromatic carbocycles. The summed E-state index contributed by atoms with van der Waals surface area (Å²) < 4.78 is 6.55. The minimum Gasteiger partial charge on any atom is -0.469 e. The lowest BCUT2D eigenvalue weighted by molar-refractivity contribution is -0.146. The molecule has 36 heavy (non-hydrogen) atoms. The zero-order valence-electron chi connectivity index (χ0n) is 19.4. The Morgan fingerprint density at radius 2 is 1.69 bits per heavy atom. The second kappa shape index (κ2) is 10.1. The molecule has 184 valence electrons. The smallest absolute Gasteiger partial charge is 0.315 e. The SMILES string of the molecule is COC(=O)CC(=O)N1CCN(c2ncnc3c2nc(-c2ccccc2Cl)n3-c2ccc(Cl)cc2)CC1. The number of anilines is 1. The first kappa shape index (κ1) is 24.0. The van der Waals surface area contributed by atoms with Crippen molar-refractivity contribution in [1.82, 2.24) is 24.4 Å². The summed E-state index contributed by atoms with van der Waals surface area (Å²) in [7, 11) is 1.27. The van der Waals surface area contributed by atoms with E-state index in [1.165, 1.54) is 13.4 Å². The number of nitrogens with zero attached hydrogens (tertiary/aromatic N) is 6. The quantitative estimate of drug-likeness (QED) is 0.287.